The van der Waals surface area contributed by atoms with Gasteiger partial charge < -0.3 is 11.1 Å². The van der Waals surface area contributed by atoms with Gasteiger partial charge in [-0.2, -0.15) is 0 Å². The molecule has 0 unspecified atom stereocenters. The summed E-state index contributed by atoms with van der Waals surface area (Å²) in [6, 6.07) is 7.15. The van der Waals surface area contributed by atoms with Crippen LogP contribution in [-0.2, 0) is 16.0 Å². The minimum atomic E-state index is -0.637. The normalized spacial score (nSPS) is 33.9. The second-order valence-corrected chi connectivity index (χ2v) is 9.37. The van der Waals surface area contributed by atoms with Crippen LogP contribution in [0.1, 0.15) is 44.1 Å². The van der Waals surface area contributed by atoms with Crippen molar-refractivity contribution in [1.82, 2.24) is 5.32 Å². The number of rotatable bonds is 5. The highest BCUT2D eigenvalue weighted by Crippen LogP contribution is 2.60. The Hall–Kier alpha value is -1.36. The maximum Gasteiger partial charge on any atom is 0.240 e. The summed E-state index contributed by atoms with van der Waals surface area (Å²) in [5, 5.41) is 3.01. The molecule has 4 fully saturated rings. The largest absolute Gasteiger partial charge is 0.368 e. The van der Waals surface area contributed by atoms with Crippen LogP contribution in [0.25, 0.3) is 0 Å². The Morgan fingerprint density at radius 1 is 1.08 bits per heavy atom. The van der Waals surface area contributed by atoms with E-state index in [0.29, 0.717) is 24.2 Å². The zero-order valence-corrected chi connectivity index (χ0v) is 15.9. The number of halogens is 1. The first-order chi connectivity index (χ1) is 11.9. The molecule has 0 heterocycles. The van der Waals surface area contributed by atoms with Gasteiger partial charge in [0, 0.05) is 16.3 Å². The number of carbonyl (C=O) groups excluding carboxylic acids is 2. The molecule has 134 valence electrons. The van der Waals surface area contributed by atoms with Crippen molar-refractivity contribution in [2.45, 2.75) is 51.0 Å². The molecule has 4 saturated carbocycles. The Kier molecular flexibility index (Phi) is 4.38. The van der Waals surface area contributed by atoms with E-state index in [4.69, 9.17) is 5.73 Å². The number of carbonyl (C=O) groups is 2. The van der Waals surface area contributed by atoms with Crippen LogP contribution < -0.4 is 11.1 Å². The molecule has 4 aliphatic carbocycles. The van der Waals surface area contributed by atoms with Gasteiger partial charge in [0.05, 0.1) is 0 Å². The maximum absolute atomic E-state index is 13.1. The molecule has 4 nitrogen and oxygen atoms in total. The third-order valence-electron chi connectivity index (χ3n) is 6.52. The van der Waals surface area contributed by atoms with E-state index in [1.165, 1.54) is 19.3 Å². The number of amides is 2. The van der Waals surface area contributed by atoms with Gasteiger partial charge in [0.2, 0.25) is 11.8 Å². The molecule has 3 N–H and O–H groups in total. The van der Waals surface area contributed by atoms with Crippen LogP contribution in [0.5, 0.6) is 0 Å². The number of benzene rings is 1. The van der Waals surface area contributed by atoms with E-state index in [-0.39, 0.29) is 11.3 Å². The predicted octanol–water partition coefficient (Wildman–Crippen LogP) is 3.18. The fourth-order valence-corrected chi connectivity index (χ4v) is 6.04. The first kappa shape index (κ1) is 17.1. The van der Waals surface area contributed by atoms with Crippen LogP contribution in [-0.4, -0.2) is 17.9 Å². The summed E-state index contributed by atoms with van der Waals surface area (Å²) in [6.45, 7) is 0. The van der Waals surface area contributed by atoms with Crippen LogP contribution in [0.2, 0.25) is 0 Å². The van der Waals surface area contributed by atoms with E-state index < -0.39 is 11.9 Å². The Bertz CT molecular complexity index is 650. The average molecular weight is 405 g/mol. The van der Waals surface area contributed by atoms with Gasteiger partial charge in [0.15, 0.2) is 0 Å². The van der Waals surface area contributed by atoms with Crippen molar-refractivity contribution < 1.29 is 9.59 Å². The number of primary amides is 1. The van der Waals surface area contributed by atoms with Crippen molar-refractivity contribution in [1.29, 1.82) is 0 Å². The van der Waals surface area contributed by atoms with Gasteiger partial charge in [-0.1, -0.05) is 28.1 Å². The van der Waals surface area contributed by atoms with Crippen molar-refractivity contribution >= 4 is 27.7 Å². The molecule has 5 heteroatoms. The van der Waals surface area contributed by atoms with Crippen molar-refractivity contribution in [2.24, 2.45) is 28.9 Å². The van der Waals surface area contributed by atoms with E-state index in [9.17, 15) is 9.59 Å². The number of nitrogens with one attached hydrogen (secondary N) is 1. The van der Waals surface area contributed by atoms with Crippen molar-refractivity contribution in [3.8, 4) is 0 Å². The molecule has 5 rings (SSSR count). The van der Waals surface area contributed by atoms with Gasteiger partial charge >= 0.3 is 0 Å². The molecule has 0 spiro atoms. The van der Waals surface area contributed by atoms with Crippen LogP contribution in [0, 0.1) is 23.2 Å². The van der Waals surface area contributed by atoms with Gasteiger partial charge in [0.25, 0.3) is 0 Å². The SMILES string of the molecule is NC(=O)[C@@H](Cc1ccc(Br)cc1)NC(=O)C12CC3CC(CC(C3)C1)C2. The predicted molar refractivity (Wildman–Crippen MR) is 99.6 cm³/mol. The second-order valence-electron chi connectivity index (χ2n) is 8.46. The van der Waals surface area contributed by atoms with E-state index >= 15 is 0 Å². The van der Waals surface area contributed by atoms with E-state index in [1.54, 1.807) is 0 Å². The Morgan fingerprint density at radius 3 is 2.08 bits per heavy atom. The lowest BCUT2D eigenvalue weighted by atomic mass is 9.49. The lowest BCUT2D eigenvalue weighted by Gasteiger charge is -2.55. The smallest absolute Gasteiger partial charge is 0.240 e. The van der Waals surface area contributed by atoms with Gasteiger partial charge in [-0.05, 0) is 74.0 Å². The van der Waals surface area contributed by atoms with E-state index in [0.717, 1.165) is 29.3 Å². The van der Waals surface area contributed by atoms with Crippen LogP contribution in [0.4, 0.5) is 0 Å². The highest BCUT2D eigenvalue weighted by atomic mass is 79.9. The van der Waals surface area contributed by atoms with Crippen molar-refractivity contribution in [3.05, 3.63) is 34.3 Å². The summed E-state index contributed by atoms with van der Waals surface area (Å²) in [6.07, 6.45) is 7.32. The molecule has 1 atom stereocenters. The quantitative estimate of drug-likeness (QED) is 0.790. The van der Waals surface area contributed by atoms with Crippen molar-refractivity contribution in [3.63, 3.8) is 0 Å². The zero-order chi connectivity index (χ0) is 17.6. The van der Waals surface area contributed by atoms with Gasteiger partial charge in [-0.15, -0.1) is 0 Å². The fraction of sp³-hybridized carbons (Fsp3) is 0.600. The average Bonchev–Trinajstić information content (AvgIpc) is 2.54. The monoisotopic (exact) mass is 404 g/mol. The molecule has 4 aliphatic rings. The standard InChI is InChI=1S/C20H25BrN2O2/c21-16-3-1-12(2-4-16)8-17(18(22)24)23-19(25)20-9-13-5-14(10-20)7-15(6-13)11-20/h1-4,13-15,17H,5-11H2,(H2,22,24)(H,23,25)/t13?,14?,15?,17-,20?/m1/s1. The Labute approximate surface area is 157 Å². The lowest BCUT2D eigenvalue weighted by Crippen LogP contribution is -2.57. The maximum atomic E-state index is 13.1. The lowest BCUT2D eigenvalue weighted by molar-refractivity contribution is -0.148. The molecule has 0 saturated heterocycles. The molecule has 25 heavy (non-hydrogen) atoms. The van der Waals surface area contributed by atoms with Crippen LogP contribution in [0.15, 0.2) is 28.7 Å². The first-order valence-corrected chi connectivity index (χ1v) is 10.1. The number of hydrogen-bond donors (Lipinski definition) is 2. The van der Waals surface area contributed by atoms with Gasteiger partial charge in [-0.25, -0.2) is 0 Å². The van der Waals surface area contributed by atoms with Gasteiger partial charge in [-0.3, -0.25) is 9.59 Å². The fourth-order valence-electron chi connectivity index (χ4n) is 5.78. The summed E-state index contributed by atoms with van der Waals surface area (Å²) in [7, 11) is 0. The van der Waals surface area contributed by atoms with Gasteiger partial charge in [0.1, 0.15) is 6.04 Å². The summed E-state index contributed by atoms with van der Waals surface area (Å²) in [5.41, 5.74) is 6.34. The van der Waals surface area contributed by atoms with E-state index in [1.807, 2.05) is 24.3 Å². The Balaban J connectivity index is 1.47. The zero-order valence-electron chi connectivity index (χ0n) is 14.3. The highest BCUT2D eigenvalue weighted by Gasteiger charge is 2.54. The van der Waals surface area contributed by atoms with Crippen molar-refractivity contribution in [2.75, 3.05) is 0 Å². The van der Waals surface area contributed by atoms with E-state index in [2.05, 4.69) is 21.2 Å². The molecule has 4 bridgehead atoms. The molecule has 0 aliphatic heterocycles. The first-order valence-electron chi connectivity index (χ1n) is 9.28. The summed E-state index contributed by atoms with van der Waals surface area (Å²) in [5.74, 6) is 1.72. The molecule has 0 radical (unpaired) electrons. The topological polar surface area (TPSA) is 72.2 Å². The molecule has 2 amide bonds. The third-order valence-corrected chi connectivity index (χ3v) is 7.05. The molecule has 1 aromatic rings. The second kappa shape index (κ2) is 6.42. The number of nitrogens with two attached hydrogens (primary N) is 1. The summed E-state index contributed by atoms with van der Waals surface area (Å²) < 4.78 is 0.990. The third kappa shape index (κ3) is 3.35. The number of hydrogen-bond acceptors (Lipinski definition) is 2. The summed E-state index contributed by atoms with van der Waals surface area (Å²) in [4.78, 5) is 25.1. The minimum Gasteiger partial charge on any atom is -0.368 e. The molecule has 1 aromatic carbocycles. The van der Waals surface area contributed by atoms with Crippen LogP contribution >= 0.6 is 15.9 Å². The minimum absolute atomic E-state index is 0.0625. The Morgan fingerprint density at radius 2 is 1.60 bits per heavy atom. The van der Waals surface area contributed by atoms with Crippen LogP contribution in [0.3, 0.4) is 0 Å². The molecular weight excluding hydrogens is 380 g/mol. The molecular formula is C20H25BrN2O2. The molecule has 0 aromatic heterocycles. The highest BCUT2D eigenvalue weighted by molar-refractivity contribution is 9.10. The summed E-state index contributed by atoms with van der Waals surface area (Å²) >= 11 is 3.41.